The minimum atomic E-state index is -0.597. The van der Waals surface area contributed by atoms with Crippen LogP contribution >= 0.6 is 0 Å². The van der Waals surface area contributed by atoms with Gasteiger partial charge in [0.05, 0.1) is 6.61 Å². The monoisotopic (exact) mass is 284 g/mol. The van der Waals surface area contributed by atoms with Gasteiger partial charge in [0, 0.05) is 6.42 Å². The minimum absolute atomic E-state index is 0.137. The van der Waals surface area contributed by atoms with Crippen molar-refractivity contribution in [1.82, 2.24) is 0 Å². The third kappa shape index (κ3) is 9.88. The van der Waals surface area contributed by atoms with Gasteiger partial charge in [-0.15, -0.1) is 0 Å². The average molecular weight is 284 g/mol. The number of rotatable bonds is 6. The highest BCUT2D eigenvalue weighted by Gasteiger charge is 2.25. The molecular weight excluding hydrogens is 252 g/mol. The lowest BCUT2D eigenvalue weighted by molar-refractivity contribution is -0.0128. The first kappa shape index (κ1) is 19.0. The van der Waals surface area contributed by atoms with Crippen molar-refractivity contribution in [2.24, 2.45) is 10.8 Å². The van der Waals surface area contributed by atoms with Crippen molar-refractivity contribution in [3.63, 3.8) is 0 Å². The molecule has 0 atom stereocenters. The molecule has 3 heteroatoms. The molecule has 0 aliphatic heterocycles. The zero-order valence-corrected chi connectivity index (χ0v) is 14.5. The number of hydrogen-bond acceptors (Lipinski definition) is 3. The molecular formula is C17H32O3. The molecule has 0 fully saturated rings. The van der Waals surface area contributed by atoms with E-state index in [2.05, 4.69) is 46.8 Å². The van der Waals surface area contributed by atoms with E-state index in [1.807, 2.05) is 13.8 Å². The number of allylic oxidation sites excluding steroid dienone is 1. The van der Waals surface area contributed by atoms with Gasteiger partial charge in [-0.2, -0.15) is 0 Å². The van der Waals surface area contributed by atoms with Gasteiger partial charge in [0.15, 0.2) is 0 Å². The molecule has 0 radical (unpaired) electrons. The Kier molecular flexibility index (Phi) is 6.79. The molecule has 0 rings (SSSR count). The Morgan fingerprint density at radius 3 is 2.05 bits per heavy atom. The van der Waals surface area contributed by atoms with Crippen molar-refractivity contribution in [3.05, 3.63) is 12.2 Å². The standard InChI is InChI=1S/C17H32O3/c1-9-19-14(18)20-17(7,8)12-10-11-16(5,6)13-15(2,3)4/h10-11H,9,12-13H2,1-8H3/b11-10-. The van der Waals surface area contributed by atoms with E-state index in [0.29, 0.717) is 18.4 Å². The molecule has 0 aliphatic carbocycles. The molecule has 0 heterocycles. The lowest BCUT2D eigenvalue weighted by atomic mass is 9.76. The van der Waals surface area contributed by atoms with Crippen LogP contribution in [0.15, 0.2) is 12.2 Å². The third-order valence-electron chi connectivity index (χ3n) is 2.79. The van der Waals surface area contributed by atoms with Gasteiger partial charge < -0.3 is 9.47 Å². The fraction of sp³-hybridized carbons (Fsp3) is 0.824. The SMILES string of the molecule is CCOC(=O)OC(C)(C)C/C=C\C(C)(C)CC(C)(C)C. The van der Waals surface area contributed by atoms with Crippen LogP contribution in [-0.4, -0.2) is 18.4 Å². The van der Waals surface area contributed by atoms with E-state index >= 15 is 0 Å². The molecule has 0 saturated heterocycles. The summed E-state index contributed by atoms with van der Waals surface area (Å²) in [5.41, 5.74) is -0.108. The summed E-state index contributed by atoms with van der Waals surface area (Å²) < 4.78 is 10.1. The highest BCUT2D eigenvalue weighted by Crippen LogP contribution is 2.34. The Morgan fingerprint density at radius 1 is 1.05 bits per heavy atom. The summed E-state index contributed by atoms with van der Waals surface area (Å²) in [7, 11) is 0. The van der Waals surface area contributed by atoms with Gasteiger partial charge >= 0.3 is 6.16 Å². The van der Waals surface area contributed by atoms with Gasteiger partial charge in [0.1, 0.15) is 5.60 Å². The summed E-state index contributed by atoms with van der Waals surface area (Å²) in [6, 6.07) is 0. The number of hydrogen-bond donors (Lipinski definition) is 0. The fourth-order valence-corrected chi connectivity index (χ4v) is 2.50. The molecule has 3 nitrogen and oxygen atoms in total. The zero-order valence-electron chi connectivity index (χ0n) is 14.5. The summed E-state index contributed by atoms with van der Waals surface area (Å²) >= 11 is 0. The summed E-state index contributed by atoms with van der Waals surface area (Å²) in [5.74, 6) is 0. The molecule has 118 valence electrons. The lowest BCUT2D eigenvalue weighted by Gasteiger charge is -2.30. The van der Waals surface area contributed by atoms with E-state index in [-0.39, 0.29) is 5.41 Å². The van der Waals surface area contributed by atoms with Crippen LogP contribution in [0.25, 0.3) is 0 Å². The zero-order chi connectivity index (χ0) is 16.0. The molecule has 0 saturated carbocycles. The summed E-state index contributed by atoms with van der Waals surface area (Å²) in [5, 5.41) is 0. The number of ether oxygens (including phenoxy) is 2. The topological polar surface area (TPSA) is 35.5 Å². The van der Waals surface area contributed by atoms with E-state index in [9.17, 15) is 4.79 Å². The predicted octanol–water partition coefficient (Wildman–Crippen LogP) is 5.35. The number of carbonyl (C=O) groups excluding carboxylic acids is 1. The van der Waals surface area contributed by atoms with Crippen LogP contribution in [0.5, 0.6) is 0 Å². The first-order valence-corrected chi connectivity index (χ1v) is 7.40. The van der Waals surface area contributed by atoms with Gasteiger partial charge in [-0.25, -0.2) is 4.79 Å². The maximum absolute atomic E-state index is 11.3. The second kappa shape index (κ2) is 7.14. The van der Waals surface area contributed by atoms with Crippen LogP contribution in [0, 0.1) is 10.8 Å². The van der Waals surface area contributed by atoms with E-state index in [1.165, 1.54) is 0 Å². The normalized spacial score (nSPS) is 13.6. The Hall–Kier alpha value is -0.990. The van der Waals surface area contributed by atoms with Crippen molar-refractivity contribution in [1.29, 1.82) is 0 Å². The quantitative estimate of drug-likeness (QED) is 0.487. The summed E-state index contributed by atoms with van der Waals surface area (Å²) in [6.07, 6.45) is 5.51. The minimum Gasteiger partial charge on any atom is -0.435 e. The Bertz CT molecular complexity index is 333. The molecule has 0 unspecified atom stereocenters. The van der Waals surface area contributed by atoms with E-state index < -0.39 is 11.8 Å². The molecule has 0 amide bonds. The lowest BCUT2D eigenvalue weighted by Crippen LogP contribution is -2.28. The first-order valence-electron chi connectivity index (χ1n) is 7.40. The molecule has 0 aromatic rings. The van der Waals surface area contributed by atoms with Crippen LogP contribution in [-0.2, 0) is 9.47 Å². The van der Waals surface area contributed by atoms with Crippen LogP contribution < -0.4 is 0 Å². The van der Waals surface area contributed by atoms with Gasteiger partial charge in [-0.3, -0.25) is 0 Å². The van der Waals surface area contributed by atoms with Crippen molar-refractivity contribution >= 4 is 6.16 Å². The smallest absolute Gasteiger partial charge is 0.435 e. The molecule has 0 aliphatic rings. The molecule has 0 aromatic heterocycles. The van der Waals surface area contributed by atoms with Crippen LogP contribution in [0.3, 0.4) is 0 Å². The van der Waals surface area contributed by atoms with Gasteiger partial charge in [0.2, 0.25) is 0 Å². The highest BCUT2D eigenvalue weighted by atomic mass is 16.7. The molecule has 0 N–H and O–H groups in total. The van der Waals surface area contributed by atoms with Gasteiger partial charge in [-0.1, -0.05) is 46.8 Å². The fourth-order valence-electron chi connectivity index (χ4n) is 2.50. The van der Waals surface area contributed by atoms with Crippen molar-refractivity contribution in [2.75, 3.05) is 6.61 Å². The predicted molar refractivity (Wildman–Crippen MR) is 83.8 cm³/mol. The molecule has 0 spiro atoms. The third-order valence-corrected chi connectivity index (χ3v) is 2.79. The van der Waals surface area contributed by atoms with Crippen LogP contribution in [0.2, 0.25) is 0 Å². The Morgan fingerprint density at radius 2 is 1.60 bits per heavy atom. The average Bonchev–Trinajstić information content (AvgIpc) is 2.11. The largest absolute Gasteiger partial charge is 0.508 e. The molecule has 0 aromatic carbocycles. The van der Waals surface area contributed by atoms with Crippen molar-refractivity contribution in [2.45, 2.75) is 73.8 Å². The second-order valence-corrected chi connectivity index (χ2v) is 7.88. The summed E-state index contributed by atoms with van der Waals surface area (Å²) in [4.78, 5) is 11.3. The second-order valence-electron chi connectivity index (χ2n) is 7.88. The van der Waals surface area contributed by atoms with Crippen molar-refractivity contribution in [3.8, 4) is 0 Å². The van der Waals surface area contributed by atoms with E-state index in [1.54, 1.807) is 6.92 Å². The van der Waals surface area contributed by atoms with Gasteiger partial charge in [-0.05, 0) is 38.0 Å². The Balaban J connectivity index is 4.44. The van der Waals surface area contributed by atoms with Crippen LogP contribution in [0.4, 0.5) is 4.79 Å². The molecule has 0 bridgehead atoms. The molecule has 20 heavy (non-hydrogen) atoms. The maximum Gasteiger partial charge on any atom is 0.508 e. The first-order chi connectivity index (χ1) is 8.87. The summed E-state index contributed by atoms with van der Waals surface area (Å²) in [6.45, 7) is 17.1. The van der Waals surface area contributed by atoms with E-state index in [4.69, 9.17) is 9.47 Å². The highest BCUT2D eigenvalue weighted by molar-refractivity contribution is 5.60. The van der Waals surface area contributed by atoms with Crippen LogP contribution in [0.1, 0.15) is 68.2 Å². The van der Waals surface area contributed by atoms with Crippen molar-refractivity contribution < 1.29 is 14.3 Å². The van der Waals surface area contributed by atoms with E-state index in [0.717, 1.165) is 6.42 Å². The van der Waals surface area contributed by atoms with Gasteiger partial charge in [0.25, 0.3) is 0 Å². The maximum atomic E-state index is 11.3. The number of carbonyl (C=O) groups is 1. The Labute approximate surface area is 124 Å².